The van der Waals surface area contributed by atoms with E-state index in [1.807, 2.05) is 12.3 Å². The van der Waals surface area contributed by atoms with Crippen molar-refractivity contribution < 1.29 is 4.74 Å². The van der Waals surface area contributed by atoms with Crippen molar-refractivity contribution in [3.63, 3.8) is 0 Å². The van der Waals surface area contributed by atoms with E-state index in [0.717, 1.165) is 16.5 Å². The van der Waals surface area contributed by atoms with E-state index in [-0.39, 0.29) is 0 Å². The minimum absolute atomic E-state index is 0.548. The molecule has 0 aromatic carbocycles. The van der Waals surface area contributed by atoms with Crippen LogP contribution in [0.3, 0.4) is 0 Å². The zero-order chi connectivity index (χ0) is 11.4. The summed E-state index contributed by atoms with van der Waals surface area (Å²) in [5.41, 5.74) is 1.01. The zero-order valence-corrected chi connectivity index (χ0v) is 9.91. The maximum absolute atomic E-state index is 5.01. The van der Waals surface area contributed by atoms with Gasteiger partial charge in [0.1, 0.15) is 12.1 Å². The van der Waals surface area contributed by atoms with Gasteiger partial charge in [0.25, 0.3) is 0 Å². The Bertz CT molecular complexity index is 471. The summed E-state index contributed by atoms with van der Waals surface area (Å²) >= 11 is 1.64. The smallest absolute Gasteiger partial charge is 0.218 e. The van der Waals surface area contributed by atoms with Gasteiger partial charge in [-0.05, 0) is 6.92 Å². The summed E-state index contributed by atoms with van der Waals surface area (Å²) in [6.45, 7) is 2.65. The minimum atomic E-state index is 0.548. The van der Waals surface area contributed by atoms with Gasteiger partial charge in [-0.3, -0.25) is 0 Å². The second-order valence-corrected chi connectivity index (χ2v) is 4.22. The molecule has 0 fully saturated rings. The van der Waals surface area contributed by atoms with Crippen LogP contribution < -0.4 is 10.1 Å². The number of nitrogens with one attached hydrogen (secondary N) is 1. The van der Waals surface area contributed by atoms with Crippen molar-refractivity contribution in [1.29, 1.82) is 0 Å². The third-order valence-electron chi connectivity index (χ3n) is 1.97. The molecule has 0 amide bonds. The molecule has 0 saturated heterocycles. The number of ether oxygens (including phenoxy) is 1. The first kappa shape index (κ1) is 10.8. The van der Waals surface area contributed by atoms with Crippen molar-refractivity contribution in [2.24, 2.45) is 0 Å². The van der Waals surface area contributed by atoms with Gasteiger partial charge < -0.3 is 10.1 Å². The van der Waals surface area contributed by atoms with Crippen molar-refractivity contribution in [2.75, 3.05) is 12.4 Å². The fourth-order valence-electron chi connectivity index (χ4n) is 1.22. The van der Waals surface area contributed by atoms with Gasteiger partial charge in [0.2, 0.25) is 5.88 Å². The lowest BCUT2D eigenvalue weighted by Crippen LogP contribution is -2.02. The van der Waals surface area contributed by atoms with Gasteiger partial charge in [-0.25, -0.2) is 15.0 Å². The Morgan fingerprint density at radius 3 is 3.00 bits per heavy atom. The van der Waals surface area contributed by atoms with Crippen LogP contribution in [0.5, 0.6) is 5.88 Å². The number of hydrogen-bond donors (Lipinski definition) is 1. The second kappa shape index (κ2) is 4.89. The maximum atomic E-state index is 5.01. The van der Waals surface area contributed by atoms with Gasteiger partial charge in [-0.1, -0.05) is 0 Å². The van der Waals surface area contributed by atoms with Gasteiger partial charge in [-0.2, -0.15) is 0 Å². The van der Waals surface area contributed by atoms with Gasteiger partial charge in [-0.15, -0.1) is 11.3 Å². The summed E-state index contributed by atoms with van der Waals surface area (Å²) in [6, 6.07) is 1.75. The standard InChI is InChI=1S/C10H12N4OS/c1-7-14-8(5-16-7)4-11-9-3-10(15-2)13-6-12-9/h3,5-6H,4H2,1-2H3,(H,11,12,13). The molecule has 5 nitrogen and oxygen atoms in total. The number of aryl methyl sites for hydroxylation is 1. The molecule has 0 saturated carbocycles. The molecule has 2 aromatic rings. The molecule has 0 aliphatic carbocycles. The average molecular weight is 236 g/mol. The van der Waals surface area contributed by atoms with E-state index < -0.39 is 0 Å². The van der Waals surface area contributed by atoms with Gasteiger partial charge in [0.15, 0.2) is 0 Å². The lowest BCUT2D eigenvalue weighted by molar-refractivity contribution is 0.397. The molecule has 0 spiro atoms. The first-order valence-electron chi connectivity index (χ1n) is 4.79. The highest BCUT2D eigenvalue weighted by molar-refractivity contribution is 7.09. The van der Waals surface area contributed by atoms with Crippen LogP contribution in [0.4, 0.5) is 5.82 Å². The lowest BCUT2D eigenvalue weighted by atomic mass is 10.4. The fraction of sp³-hybridized carbons (Fsp3) is 0.300. The zero-order valence-electron chi connectivity index (χ0n) is 9.10. The summed E-state index contributed by atoms with van der Waals surface area (Å²) < 4.78 is 5.01. The molecule has 1 N–H and O–H groups in total. The quantitative estimate of drug-likeness (QED) is 0.878. The molecule has 0 unspecified atom stereocenters. The molecular weight excluding hydrogens is 224 g/mol. The maximum Gasteiger partial charge on any atom is 0.218 e. The number of thiazole rings is 1. The second-order valence-electron chi connectivity index (χ2n) is 3.16. The lowest BCUT2D eigenvalue weighted by Gasteiger charge is -2.04. The summed E-state index contributed by atoms with van der Waals surface area (Å²) in [5.74, 6) is 1.28. The van der Waals surface area contributed by atoms with Gasteiger partial charge in [0, 0.05) is 11.4 Å². The molecular formula is C10H12N4OS. The van der Waals surface area contributed by atoms with Crippen LogP contribution in [0.1, 0.15) is 10.7 Å². The van der Waals surface area contributed by atoms with Gasteiger partial charge in [0.05, 0.1) is 24.4 Å². The number of nitrogens with zero attached hydrogens (tertiary/aromatic N) is 3. The molecule has 0 aliphatic rings. The molecule has 6 heteroatoms. The van der Waals surface area contributed by atoms with Crippen molar-refractivity contribution in [3.05, 3.63) is 28.5 Å². The predicted octanol–water partition coefficient (Wildman–Crippen LogP) is 1.86. The van der Waals surface area contributed by atoms with E-state index in [4.69, 9.17) is 4.74 Å². The highest BCUT2D eigenvalue weighted by atomic mass is 32.1. The van der Waals surface area contributed by atoms with E-state index >= 15 is 0 Å². The molecule has 0 bridgehead atoms. The number of rotatable bonds is 4. The Labute approximate surface area is 97.5 Å². The third-order valence-corrected chi connectivity index (χ3v) is 2.79. The summed E-state index contributed by atoms with van der Waals surface area (Å²) in [4.78, 5) is 12.4. The summed E-state index contributed by atoms with van der Waals surface area (Å²) in [7, 11) is 1.58. The highest BCUT2D eigenvalue weighted by Crippen LogP contribution is 2.12. The first-order chi connectivity index (χ1) is 7.78. The number of methoxy groups -OCH3 is 1. The van der Waals surface area contributed by atoms with E-state index in [1.165, 1.54) is 6.33 Å². The van der Waals surface area contributed by atoms with E-state index in [0.29, 0.717) is 12.4 Å². The van der Waals surface area contributed by atoms with Crippen LogP contribution in [-0.2, 0) is 6.54 Å². The van der Waals surface area contributed by atoms with Crippen molar-refractivity contribution in [3.8, 4) is 5.88 Å². The highest BCUT2D eigenvalue weighted by Gasteiger charge is 2.00. The number of aromatic nitrogens is 3. The van der Waals surface area contributed by atoms with E-state index in [1.54, 1.807) is 24.5 Å². The third kappa shape index (κ3) is 2.66. The van der Waals surface area contributed by atoms with Crippen LogP contribution >= 0.6 is 11.3 Å². The predicted molar refractivity (Wildman–Crippen MR) is 62.8 cm³/mol. The summed E-state index contributed by atoms with van der Waals surface area (Å²) in [5, 5.41) is 6.26. The van der Waals surface area contributed by atoms with Crippen LogP contribution in [0, 0.1) is 6.92 Å². The number of hydrogen-bond acceptors (Lipinski definition) is 6. The summed E-state index contributed by atoms with van der Waals surface area (Å²) in [6.07, 6.45) is 1.47. The largest absolute Gasteiger partial charge is 0.481 e. The SMILES string of the molecule is COc1cc(NCc2csc(C)n2)ncn1. The van der Waals surface area contributed by atoms with Crippen molar-refractivity contribution in [1.82, 2.24) is 15.0 Å². The minimum Gasteiger partial charge on any atom is -0.481 e. The Morgan fingerprint density at radius 1 is 1.44 bits per heavy atom. The van der Waals surface area contributed by atoms with Gasteiger partial charge >= 0.3 is 0 Å². The van der Waals surface area contributed by atoms with E-state index in [2.05, 4.69) is 20.3 Å². The molecule has 2 heterocycles. The molecule has 16 heavy (non-hydrogen) atoms. The van der Waals surface area contributed by atoms with Crippen LogP contribution in [0.2, 0.25) is 0 Å². The molecule has 2 aromatic heterocycles. The average Bonchev–Trinajstić information content (AvgIpc) is 2.73. The van der Waals surface area contributed by atoms with Crippen LogP contribution in [0.15, 0.2) is 17.8 Å². The van der Waals surface area contributed by atoms with Crippen LogP contribution in [0.25, 0.3) is 0 Å². The Hall–Kier alpha value is -1.69. The Morgan fingerprint density at radius 2 is 2.31 bits per heavy atom. The van der Waals surface area contributed by atoms with Crippen molar-refractivity contribution >= 4 is 17.2 Å². The number of anilines is 1. The molecule has 2 rings (SSSR count). The molecule has 0 atom stereocenters. The van der Waals surface area contributed by atoms with E-state index in [9.17, 15) is 0 Å². The normalized spacial score (nSPS) is 10.1. The molecule has 84 valence electrons. The monoisotopic (exact) mass is 236 g/mol. The first-order valence-corrected chi connectivity index (χ1v) is 5.67. The molecule has 0 aliphatic heterocycles. The Balaban J connectivity index is 1.99. The fourth-order valence-corrected chi connectivity index (χ4v) is 1.83. The Kier molecular flexibility index (Phi) is 3.31. The molecule has 0 radical (unpaired) electrons. The van der Waals surface area contributed by atoms with Crippen LogP contribution in [-0.4, -0.2) is 22.1 Å². The topological polar surface area (TPSA) is 59.9 Å². The van der Waals surface area contributed by atoms with Crippen molar-refractivity contribution in [2.45, 2.75) is 13.5 Å².